The SMILES string of the molecule is CCNc1ccc(C(=O)NC2CC(C)C2)cc1[N+](=O)[O-]. The lowest BCUT2D eigenvalue weighted by atomic mass is 9.82. The van der Waals surface area contributed by atoms with Gasteiger partial charge in [0, 0.05) is 24.2 Å². The summed E-state index contributed by atoms with van der Waals surface area (Å²) in [5.74, 6) is 0.402. The molecule has 1 amide bonds. The van der Waals surface area contributed by atoms with Gasteiger partial charge in [-0.3, -0.25) is 14.9 Å². The quantitative estimate of drug-likeness (QED) is 0.640. The Hall–Kier alpha value is -2.11. The van der Waals surface area contributed by atoms with Crippen molar-refractivity contribution in [1.29, 1.82) is 0 Å². The Morgan fingerprint density at radius 3 is 2.70 bits per heavy atom. The van der Waals surface area contributed by atoms with Crippen molar-refractivity contribution in [3.8, 4) is 0 Å². The lowest BCUT2D eigenvalue weighted by Crippen LogP contribution is -2.43. The van der Waals surface area contributed by atoms with Crippen molar-refractivity contribution in [2.45, 2.75) is 32.7 Å². The molecule has 1 saturated carbocycles. The Labute approximate surface area is 117 Å². The van der Waals surface area contributed by atoms with Gasteiger partial charge in [0.1, 0.15) is 5.69 Å². The van der Waals surface area contributed by atoms with Crippen LogP contribution in [0, 0.1) is 16.0 Å². The second-order valence-corrected chi connectivity index (χ2v) is 5.27. The molecule has 0 aliphatic heterocycles. The third-order valence-corrected chi connectivity index (χ3v) is 3.53. The second kappa shape index (κ2) is 5.90. The van der Waals surface area contributed by atoms with E-state index >= 15 is 0 Å². The number of hydrogen-bond donors (Lipinski definition) is 2. The zero-order valence-electron chi connectivity index (χ0n) is 11.7. The number of nitrogens with one attached hydrogen (secondary N) is 2. The number of nitro benzene ring substituents is 1. The second-order valence-electron chi connectivity index (χ2n) is 5.27. The number of hydrogen-bond acceptors (Lipinski definition) is 4. The van der Waals surface area contributed by atoms with E-state index in [1.165, 1.54) is 6.07 Å². The molecule has 0 spiro atoms. The number of carbonyl (C=O) groups excluding carboxylic acids is 1. The van der Waals surface area contributed by atoms with Crippen LogP contribution in [-0.2, 0) is 0 Å². The smallest absolute Gasteiger partial charge is 0.293 e. The molecule has 0 aromatic heterocycles. The Morgan fingerprint density at radius 1 is 1.45 bits per heavy atom. The maximum absolute atomic E-state index is 12.0. The van der Waals surface area contributed by atoms with Crippen LogP contribution in [0.1, 0.15) is 37.0 Å². The molecule has 1 fully saturated rings. The average molecular weight is 277 g/mol. The summed E-state index contributed by atoms with van der Waals surface area (Å²) in [5.41, 5.74) is 0.700. The minimum atomic E-state index is -0.472. The Morgan fingerprint density at radius 2 is 2.15 bits per heavy atom. The maximum atomic E-state index is 12.0. The van der Waals surface area contributed by atoms with Crippen LogP contribution >= 0.6 is 0 Å². The first-order valence-corrected chi connectivity index (χ1v) is 6.84. The predicted octanol–water partition coefficient (Wildman–Crippen LogP) is 2.55. The number of amides is 1. The molecule has 0 radical (unpaired) electrons. The molecule has 0 unspecified atom stereocenters. The molecule has 2 N–H and O–H groups in total. The number of nitro groups is 1. The number of nitrogens with zero attached hydrogens (tertiary/aromatic N) is 1. The van der Waals surface area contributed by atoms with E-state index < -0.39 is 4.92 Å². The van der Waals surface area contributed by atoms with Crippen LogP contribution in [-0.4, -0.2) is 23.4 Å². The summed E-state index contributed by atoms with van der Waals surface area (Å²) in [6, 6.07) is 4.72. The average Bonchev–Trinajstić information content (AvgIpc) is 2.37. The molecule has 108 valence electrons. The van der Waals surface area contributed by atoms with Crippen molar-refractivity contribution in [2.24, 2.45) is 5.92 Å². The lowest BCUT2D eigenvalue weighted by molar-refractivity contribution is -0.384. The van der Waals surface area contributed by atoms with E-state index in [0.717, 1.165) is 12.8 Å². The van der Waals surface area contributed by atoms with Crippen molar-refractivity contribution in [3.05, 3.63) is 33.9 Å². The van der Waals surface area contributed by atoms with Gasteiger partial charge < -0.3 is 10.6 Å². The van der Waals surface area contributed by atoms with Gasteiger partial charge in [-0.2, -0.15) is 0 Å². The molecule has 0 bridgehead atoms. The van der Waals surface area contributed by atoms with E-state index in [-0.39, 0.29) is 17.6 Å². The van der Waals surface area contributed by atoms with Gasteiger partial charge in [0.25, 0.3) is 11.6 Å². The fourth-order valence-electron chi connectivity index (χ4n) is 2.45. The monoisotopic (exact) mass is 277 g/mol. The van der Waals surface area contributed by atoms with Crippen molar-refractivity contribution >= 4 is 17.3 Å². The summed E-state index contributed by atoms with van der Waals surface area (Å²) >= 11 is 0. The molecule has 6 nitrogen and oxygen atoms in total. The maximum Gasteiger partial charge on any atom is 0.293 e. The highest BCUT2D eigenvalue weighted by molar-refractivity contribution is 5.96. The highest BCUT2D eigenvalue weighted by Crippen LogP contribution is 2.28. The first-order chi connectivity index (χ1) is 9.51. The van der Waals surface area contributed by atoms with Crippen LogP contribution in [0.3, 0.4) is 0 Å². The largest absolute Gasteiger partial charge is 0.380 e. The Balaban J connectivity index is 2.13. The summed E-state index contributed by atoms with van der Waals surface area (Å²) in [4.78, 5) is 22.6. The standard InChI is InChI=1S/C14H19N3O3/c1-3-15-12-5-4-10(8-13(12)17(19)20)14(18)16-11-6-9(2)7-11/h4-5,8-9,11,15H,3,6-7H2,1-2H3,(H,16,18). The van der Waals surface area contributed by atoms with Gasteiger partial charge in [0.2, 0.25) is 0 Å². The molecule has 0 saturated heterocycles. The van der Waals surface area contributed by atoms with Crippen LogP contribution in [0.4, 0.5) is 11.4 Å². The van der Waals surface area contributed by atoms with Crippen LogP contribution < -0.4 is 10.6 Å². The summed E-state index contributed by atoms with van der Waals surface area (Å²) in [6.45, 7) is 4.59. The van der Waals surface area contributed by atoms with E-state index in [2.05, 4.69) is 17.6 Å². The van der Waals surface area contributed by atoms with Gasteiger partial charge in [0.05, 0.1) is 4.92 Å². The van der Waals surface area contributed by atoms with E-state index in [1.54, 1.807) is 12.1 Å². The van der Waals surface area contributed by atoms with Gasteiger partial charge in [-0.15, -0.1) is 0 Å². The molecule has 20 heavy (non-hydrogen) atoms. The van der Waals surface area contributed by atoms with E-state index in [4.69, 9.17) is 0 Å². The molecule has 2 rings (SSSR count). The number of rotatable bonds is 5. The van der Waals surface area contributed by atoms with Gasteiger partial charge in [0.15, 0.2) is 0 Å². The van der Waals surface area contributed by atoms with Gasteiger partial charge >= 0.3 is 0 Å². The molecular weight excluding hydrogens is 258 g/mol. The fraction of sp³-hybridized carbons (Fsp3) is 0.500. The van der Waals surface area contributed by atoms with Gasteiger partial charge in [-0.25, -0.2) is 0 Å². The minimum Gasteiger partial charge on any atom is -0.380 e. The van der Waals surface area contributed by atoms with Crippen molar-refractivity contribution in [2.75, 3.05) is 11.9 Å². The zero-order valence-corrected chi connectivity index (χ0v) is 11.7. The summed E-state index contributed by atoms with van der Waals surface area (Å²) < 4.78 is 0. The molecule has 0 heterocycles. The molecule has 1 aliphatic rings. The molecule has 1 aromatic carbocycles. The van der Waals surface area contributed by atoms with Crippen LogP contribution in [0.15, 0.2) is 18.2 Å². The summed E-state index contributed by atoms with van der Waals surface area (Å²) in [5, 5.41) is 16.9. The van der Waals surface area contributed by atoms with Crippen molar-refractivity contribution in [3.63, 3.8) is 0 Å². The zero-order chi connectivity index (χ0) is 14.7. The number of benzene rings is 1. The molecule has 1 aromatic rings. The highest BCUT2D eigenvalue weighted by Gasteiger charge is 2.27. The summed E-state index contributed by atoms with van der Waals surface area (Å²) in [7, 11) is 0. The number of anilines is 1. The third-order valence-electron chi connectivity index (χ3n) is 3.53. The summed E-state index contributed by atoms with van der Waals surface area (Å²) in [6.07, 6.45) is 1.95. The highest BCUT2D eigenvalue weighted by atomic mass is 16.6. The molecule has 1 aliphatic carbocycles. The van der Waals surface area contributed by atoms with Crippen LogP contribution in [0.2, 0.25) is 0 Å². The van der Waals surface area contributed by atoms with E-state index in [1.807, 2.05) is 6.92 Å². The predicted molar refractivity (Wildman–Crippen MR) is 76.9 cm³/mol. The Bertz CT molecular complexity index is 524. The molecule has 6 heteroatoms. The molecule has 0 atom stereocenters. The van der Waals surface area contributed by atoms with Gasteiger partial charge in [-0.05, 0) is 37.8 Å². The number of carbonyl (C=O) groups is 1. The normalized spacial score (nSPS) is 20.9. The third kappa shape index (κ3) is 3.07. The van der Waals surface area contributed by atoms with Crippen LogP contribution in [0.5, 0.6) is 0 Å². The van der Waals surface area contributed by atoms with Crippen molar-refractivity contribution < 1.29 is 9.72 Å². The first kappa shape index (κ1) is 14.3. The van der Waals surface area contributed by atoms with Crippen LogP contribution in [0.25, 0.3) is 0 Å². The van der Waals surface area contributed by atoms with Gasteiger partial charge in [-0.1, -0.05) is 6.92 Å². The topological polar surface area (TPSA) is 84.3 Å². The first-order valence-electron chi connectivity index (χ1n) is 6.84. The van der Waals surface area contributed by atoms with E-state index in [0.29, 0.717) is 23.7 Å². The Kier molecular flexibility index (Phi) is 4.22. The lowest BCUT2D eigenvalue weighted by Gasteiger charge is -2.33. The molecular formula is C14H19N3O3. The minimum absolute atomic E-state index is 0.0681. The van der Waals surface area contributed by atoms with E-state index in [9.17, 15) is 14.9 Å². The fourth-order valence-corrected chi connectivity index (χ4v) is 2.45. The van der Waals surface area contributed by atoms with Crippen molar-refractivity contribution in [1.82, 2.24) is 5.32 Å².